The first-order valence-corrected chi connectivity index (χ1v) is 7.10. The fourth-order valence-electron chi connectivity index (χ4n) is 1.48. The number of carboxylic acids is 1. The van der Waals surface area contributed by atoms with Crippen LogP contribution in [0.3, 0.4) is 0 Å². The third-order valence-corrected chi connectivity index (χ3v) is 3.76. The van der Waals surface area contributed by atoms with E-state index in [2.05, 4.69) is 0 Å². The van der Waals surface area contributed by atoms with Gasteiger partial charge in [0, 0.05) is 6.42 Å². The molecule has 17 heavy (non-hydrogen) atoms. The predicted molar refractivity (Wildman–Crippen MR) is 66.6 cm³/mol. The number of nitrogens with one attached hydrogen (secondary N) is 1. The van der Waals surface area contributed by atoms with E-state index in [4.69, 9.17) is 10.5 Å². The lowest BCUT2D eigenvalue weighted by atomic mass is 10.1. The van der Waals surface area contributed by atoms with Crippen LogP contribution in [0.5, 0.6) is 0 Å². The number of rotatable bonds is 6. The van der Waals surface area contributed by atoms with Gasteiger partial charge in [0.05, 0.1) is 5.71 Å². The van der Waals surface area contributed by atoms with E-state index in [0.717, 1.165) is 5.56 Å². The van der Waals surface area contributed by atoms with Crippen molar-refractivity contribution in [2.45, 2.75) is 6.42 Å². The van der Waals surface area contributed by atoms with Crippen LogP contribution in [0.25, 0.3) is 0 Å². The van der Waals surface area contributed by atoms with Gasteiger partial charge in [-0.15, -0.1) is 0 Å². The first-order chi connectivity index (χ1) is 7.89. The Morgan fingerprint density at radius 2 is 1.76 bits per heavy atom. The van der Waals surface area contributed by atoms with Crippen LogP contribution in [0.2, 0.25) is 0 Å². The first kappa shape index (κ1) is 13.8. The van der Waals surface area contributed by atoms with Crippen molar-refractivity contribution in [3.63, 3.8) is 0 Å². The fourth-order valence-corrected chi connectivity index (χ4v) is 2.74. The molecule has 0 saturated carbocycles. The molecule has 0 saturated heterocycles. The van der Waals surface area contributed by atoms with Gasteiger partial charge in [0.25, 0.3) is 7.72 Å². The second-order valence-corrected chi connectivity index (χ2v) is 6.24. The summed E-state index contributed by atoms with van der Waals surface area (Å²) in [6, 6.07) is 9.19. The minimum Gasteiger partial charge on any atom is -0.478 e. The van der Waals surface area contributed by atoms with Gasteiger partial charge >= 0.3 is 5.97 Å². The Morgan fingerprint density at radius 3 is 2.29 bits per heavy atom. The zero-order valence-electron chi connectivity index (χ0n) is 9.21. The van der Waals surface area contributed by atoms with Gasteiger partial charge in [-0.25, -0.2) is 14.6 Å². The van der Waals surface area contributed by atoms with Crippen molar-refractivity contribution in [1.29, 1.82) is 5.41 Å². The molecule has 92 valence electrons. The highest BCUT2D eigenvalue weighted by molar-refractivity contribution is 7.66. The number of benzene rings is 1. The molecule has 0 spiro atoms. The molecule has 0 heterocycles. The highest BCUT2D eigenvalue weighted by Gasteiger charge is 2.37. The molecule has 1 aromatic rings. The van der Waals surface area contributed by atoms with Crippen molar-refractivity contribution in [3.05, 3.63) is 35.9 Å². The molecule has 0 bridgehead atoms. The van der Waals surface area contributed by atoms with E-state index < -0.39 is 19.8 Å². The number of aliphatic carboxylic acids is 1. The minimum absolute atomic E-state index is 0.135. The van der Waals surface area contributed by atoms with Gasteiger partial charge in [0.1, 0.15) is 0 Å². The smallest absolute Gasteiger partial charge is 0.346 e. The molecular weight excluding hydrogens is 241 g/mol. The summed E-state index contributed by atoms with van der Waals surface area (Å²) < 4.78 is 0. The Labute approximate surface area is 99.7 Å². The molecule has 1 aromatic carbocycles. The number of hydrogen-bond acceptors (Lipinski definition) is 4. The molecule has 0 aliphatic heterocycles. The van der Waals surface area contributed by atoms with Crippen molar-refractivity contribution in [2.24, 2.45) is 0 Å². The van der Waals surface area contributed by atoms with E-state index in [0.29, 0.717) is 6.42 Å². The van der Waals surface area contributed by atoms with E-state index in [1.807, 2.05) is 30.3 Å². The second kappa shape index (κ2) is 5.87. The third kappa shape index (κ3) is 5.54. The van der Waals surface area contributed by atoms with Gasteiger partial charge in [-0.3, -0.25) is 0 Å². The standard InChI is InChI=1S/C11H14NO4P/c12-10(6-9-4-2-1-3-5-9)7-17(15,16)8-11(13)14/h1-5,12,15-16H,6-8H2/p+1. The Morgan fingerprint density at radius 1 is 1.18 bits per heavy atom. The van der Waals surface area contributed by atoms with Crippen molar-refractivity contribution in [1.82, 2.24) is 0 Å². The summed E-state index contributed by atoms with van der Waals surface area (Å²) in [5.41, 5.74) is 1.03. The largest absolute Gasteiger partial charge is 0.478 e. The van der Waals surface area contributed by atoms with Gasteiger partial charge in [0.15, 0.2) is 6.16 Å². The van der Waals surface area contributed by atoms with Crippen LogP contribution in [-0.4, -0.2) is 38.9 Å². The maximum atomic E-state index is 10.4. The number of carboxylic acid groups (broad SMARTS) is 1. The second-order valence-electron chi connectivity index (χ2n) is 3.85. The summed E-state index contributed by atoms with van der Waals surface area (Å²) >= 11 is 0. The van der Waals surface area contributed by atoms with Crippen LogP contribution < -0.4 is 0 Å². The van der Waals surface area contributed by atoms with E-state index >= 15 is 0 Å². The Bertz CT molecular complexity index is 405. The molecular formula is C11H15NO4P+. The molecule has 0 amide bonds. The van der Waals surface area contributed by atoms with Gasteiger partial charge in [0.2, 0.25) is 6.16 Å². The van der Waals surface area contributed by atoms with Crippen molar-refractivity contribution in [3.8, 4) is 0 Å². The molecule has 5 nitrogen and oxygen atoms in total. The summed E-state index contributed by atoms with van der Waals surface area (Å²) in [7, 11) is -3.52. The van der Waals surface area contributed by atoms with Gasteiger partial charge in [-0.1, -0.05) is 30.3 Å². The topological polar surface area (TPSA) is 102 Å². The maximum absolute atomic E-state index is 10.4. The molecule has 6 heteroatoms. The van der Waals surface area contributed by atoms with Gasteiger partial charge in [-0.05, 0) is 5.56 Å². The average Bonchev–Trinajstić information content (AvgIpc) is 2.15. The summed E-state index contributed by atoms with van der Waals surface area (Å²) in [6.07, 6.45) is -0.623. The van der Waals surface area contributed by atoms with E-state index in [9.17, 15) is 14.6 Å². The molecule has 0 atom stereocenters. The average molecular weight is 256 g/mol. The van der Waals surface area contributed by atoms with E-state index in [1.165, 1.54) is 0 Å². The summed E-state index contributed by atoms with van der Waals surface area (Å²) in [5, 5.41) is 16.1. The van der Waals surface area contributed by atoms with Crippen LogP contribution in [-0.2, 0) is 11.2 Å². The van der Waals surface area contributed by atoms with E-state index in [-0.39, 0.29) is 11.9 Å². The molecule has 1 rings (SSSR count). The quantitative estimate of drug-likeness (QED) is 0.453. The Hall–Kier alpha value is -1.29. The van der Waals surface area contributed by atoms with Gasteiger partial charge < -0.3 is 10.5 Å². The maximum Gasteiger partial charge on any atom is 0.346 e. The SMILES string of the molecule is N=C(Cc1ccccc1)C[P+](O)(O)CC(=O)O. The monoisotopic (exact) mass is 256 g/mol. The third-order valence-electron chi connectivity index (χ3n) is 2.09. The Kier molecular flexibility index (Phi) is 4.75. The summed E-state index contributed by atoms with van der Waals surface area (Å²) in [6.45, 7) is 0. The van der Waals surface area contributed by atoms with E-state index in [1.54, 1.807) is 0 Å². The molecule has 0 aromatic heterocycles. The lowest BCUT2D eigenvalue weighted by Crippen LogP contribution is -2.17. The minimum atomic E-state index is -3.52. The molecule has 0 aliphatic carbocycles. The number of carbonyl (C=O) groups is 1. The van der Waals surface area contributed by atoms with Crippen LogP contribution in [0, 0.1) is 5.41 Å². The van der Waals surface area contributed by atoms with Crippen molar-refractivity contribution >= 4 is 19.4 Å². The molecule has 0 fully saturated rings. The van der Waals surface area contributed by atoms with Crippen molar-refractivity contribution in [2.75, 3.05) is 12.3 Å². The van der Waals surface area contributed by atoms with Crippen LogP contribution in [0.15, 0.2) is 30.3 Å². The highest BCUT2D eigenvalue weighted by atomic mass is 31.2. The van der Waals surface area contributed by atoms with Crippen LogP contribution in [0.4, 0.5) is 0 Å². The van der Waals surface area contributed by atoms with Gasteiger partial charge in [-0.2, -0.15) is 0 Å². The highest BCUT2D eigenvalue weighted by Crippen LogP contribution is 2.49. The predicted octanol–water partition coefficient (Wildman–Crippen LogP) is 1.17. The zero-order valence-corrected chi connectivity index (χ0v) is 10.1. The molecule has 0 radical (unpaired) electrons. The Balaban J connectivity index is 2.52. The lowest BCUT2D eigenvalue weighted by molar-refractivity contribution is -0.134. The normalized spacial score (nSPS) is 11.2. The number of hydrogen-bond donors (Lipinski definition) is 4. The zero-order chi connectivity index (χ0) is 12.9. The molecule has 0 aliphatic rings. The fraction of sp³-hybridized carbons (Fsp3) is 0.273. The lowest BCUT2D eigenvalue weighted by Gasteiger charge is -2.11. The summed E-state index contributed by atoms with van der Waals surface area (Å²) in [5.74, 6) is -1.25. The summed E-state index contributed by atoms with van der Waals surface area (Å²) in [4.78, 5) is 29.3. The van der Waals surface area contributed by atoms with Crippen LogP contribution in [0.1, 0.15) is 5.56 Å². The molecule has 4 N–H and O–H groups in total. The first-order valence-electron chi connectivity index (χ1n) is 5.04. The molecule has 0 unspecified atom stereocenters. The van der Waals surface area contributed by atoms with Crippen molar-refractivity contribution < 1.29 is 19.7 Å². The van der Waals surface area contributed by atoms with Crippen LogP contribution >= 0.6 is 7.72 Å².